The van der Waals surface area contributed by atoms with Crippen LogP contribution >= 0.6 is 0 Å². The first-order valence-corrected chi connectivity index (χ1v) is 8.57. The van der Waals surface area contributed by atoms with Crippen LogP contribution in [0.2, 0.25) is 0 Å². The van der Waals surface area contributed by atoms with E-state index in [1.54, 1.807) is 12.1 Å². The van der Waals surface area contributed by atoms with E-state index in [9.17, 15) is 9.90 Å². The normalized spacial score (nSPS) is 21.8. The van der Waals surface area contributed by atoms with Gasteiger partial charge in [0.1, 0.15) is 11.3 Å². The molecule has 1 fully saturated rings. The summed E-state index contributed by atoms with van der Waals surface area (Å²) in [5, 5.41) is 12.7. The van der Waals surface area contributed by atoms with Gasteiger partial charge in [-0.2, -0.15) is 0 Å². The van der Waals surface area contributed by atoms with Gasteiger partial charge in [-0.05, 0) is 37.4 Å². The Morgan fingerprint density at radius 1 is 1.04 bits per heavy atom. The highest BCUT2D eigenvalue weighted by Gasteiger charge is 2.24. The second-order valence-corrected chi connectivity index (χ2v) is 6.83. The Morgan fingerprint density at radius 3 is 2.44 bits per heavy atom. The molecule has 1 saturated heterocycles. The van der Waals surface area contributed by atoms with Gasteiger partial charge >= 0.3 is 5.63 Å². The van der Waals surface area contributed by atoms with E-state index in [-0.39, 0.29) is 23.6 Å². The Morgan fingerprint density at radius 2 is 1.72 bits per heavy atom. The zero-order valence-corrected chi connectivity index (χ0v) is 14.4. The van der Waals surface area contributed by atoms with Crippen LogP contribution in [0.15, 0.2) is 45.6 Å². The van der Waals surface area contributed by atoms with Gasteiger partial charge in [-0.25, -0.2) is 4.79 Å². The number of phenolic OH excluding ortho intramolecular Hbond substituents is 1. The van der Waals surface area contributed by atoms with Gasteiger partial charge in [0, 0.05) is 25.0 Å². The number of hydrogen-bond donors (Lipinski definition) is 1. The monoisotopic (exact) mass is 339 g/mol. The van der Waals surface area contributed by atoms with E-state index in [1.165, 1.54) is 0 Å². The van der Waals surface area contributed by atoms with Crippen molar-refractivity contribution in [2.75, 3.05) is 13.1 Å². The number of ether oxygens (including phenoxy) is 1. The van der Waals surface area contributed by atoms with E-state index in [2.05, 4.69) is 4.90 Å². The lowest BCUT2D eigenvalue weighted by atomic mass is 10.0. The summed E-state index contributed by atoms with van der Waals surface area (Å²) >= 11 is 0. The topological polar surface area (TPSA) is 62.9 Å². The SMILES string of the molecule is C[C@@H]1CN(Cc2c(O)ccc3c2oc(=O)c2ccccc23)C[C@@H](C)O1. The van der Waals surface area contributed by atoms with Crippen LogP contribution in [0.3, 0.4) is 0 Å². The molecule has 3 aromatic rings. The molecule has 0 amide bonds. The van der Waals surface area contributed by atoms with E-state index >= 15 is 0 Å². The number of benzene rings is 2. The van der Waals surface area contributed by atoms with Crippen molar-refractivity contribution in [3.05, 3.63) is 52.4 Å². The highest BCUT2D eigenvalue weighted by molar-refractivity contribution is 6.05. The maximum atomic E-state index is 12.4. The Balaban J connectivity index is 1.86. The van der Waals surface area contributed by atoms with Gasteiger partial charge < -0.3 is 14.3 Å². The van der Waals surface area contributed by atoms with E-state index < -0.39 is 0 Å². The lowest BCUT2D eigenvalue weighted by Gasteiger charge is -2.35. The number of nitrogens with zero attached hydrogens (tertiary/aromatic N) is 1. The highest BCUT2D eigenvalue weighted by atomic mass is 16.5. The third-order valence-corrected chi connectivity index (χ3v) is 4.74. The third-order valence-electron chi connectivity index (χ3n) is 4.74. The summed E-state index contributed by atoms with van der Waals surface area (Å²) < 4.78 is 11.4. The Hall–Kier alpha value is -2.37. The zero-order chi connectivity index (χ0) is 17.6. The summed E-state index contributed by atoms with van der Waals surface area (Å²) in [5.41, 5.74) is 0.746. The van der Waals surface area contributed by atoms with Gasteiger partial charge in [-0.1, -0.05) is 18.2 Å². The van der Waals surface area contributed by atoms with Crippen LogP contribution in [-0.2, 0) is 11.3 Å². The molecule has 130 valence electrons. The van der Waals surface area contributed by atoms with Gasteiger partial charge in [0.2, 0.25) is 0 Å². The molecule has 1 N–H and O–H groups in total. The number of fused-ring (bicyclic) bond motifs is 3. The Labute approximate surface area is 145 Å². The Bertz CT molecular complexity index is 984. The molecule has 0 bridgehead atoms. The zero-order valence-electron chi connectivity index (χ0n) is 14.4. The van der Waals surface area contributed by atoms with Crippen LogP contribution in [0.1, 0.15) is 19.4 Å². The molecule has 2 atom stereocenters. The molecular weight excluding hydrogens is 318 g/mol. The number of hydrogen-bond acceptors (Lipinski definition) is 5. The van der Waals surface area contributed by atoms with Gasteiger partial charge in [-0.15, -0.1) is 0 Å². The van der Waals surface area contributed by atoms with Crippen molar-refractivity contribution >= 4 is 21.7 Å². The van der Waals surface area contributed by atoms with Crippen LogP contribution in [0.25, 0.3) is 21.7 Å². The van der Waals surface area contributed by atoms with Crippen molar-refractivity contribution in [1.82, 2.24) is 4.90 Å². The maximum absolute atomic E-state index is 12.4. The fourth-order valence-corrected chi connectivity index (χ4v) is 3.78. The fraction of sp³-hybridized carbons (Fsp3) is 0.350. The summed E-state index contributed by atoms with van der Waals surface area (Å²) in [6.07, 6.45) is 0.266. The van der Waals surface area contributed by atoms with Crippen molar-refractivity contribution < 1.29 is 14.3 Å². The molecular formula is C20H21NO4. The standard InChI is InChI=1S/C20H21NO4/c1-12-9-21(10-13(2)24-12)11-17-18(22)8-7-15-14-5-3-4-6-16(14)20(23)25-19(15)17/h3-8,12-13,22H,9-11H2,1-2H3/t12-,13-/m1/s1. The average Bonchev–Trinajstić information content (AvgIpc) is 2.57. The van der Waals surface area contributed by atoms with E-state index in [4.69, 9.17) is 9.15 Å². The first-order chi connectivity index (χ1) is 12.0. The predicted octanol–water partition coefficient (Wildman–Crippen LogP) is 3.26. The van der Waals surface area contributed by atoms with Crippen molar-refractivity contribution in [2.24, 2.45) is 0 Å². The van der Waals surface area contributed by atoms with E-state index in [0.717, 1.165) is 23.9 Å². The van der Waals surface area contributed by atoms with E-state index in [1.807, 2.05) is 38.1 Å². The second-order valence-electron chi connectivity index (χ2n) is 6.83. The minimum atomic E-state index is -0.376. The highest BCUT2D eigenvalue weighted by Crippen LogP contribution is 2.32. The van der Waals surface area contributed by atoms with Crippen LogP contribution in [-0.4, -0.2) is 35.3 Å². The van der Waals surface area contributed by atoms with Gasteiger partial charge in [0.05, 0.1) is 23.2 Å². The summed E-state index contributed by atoms with van der Waals surface area (Å²) in [7, 11) is 0. The number of morpholine rings is 1. The molecule has 1 aliphatic heterocycles. The molecule has 0 saturated carbocycles. The van der Waals surface area contributed by atoms with Crippen molar-refractivity contribution in [3.8, 4) is 5.75 Å². The van der Waals surface area contributed by atoms with Crippen LogP contribution in [0.4, 0.5) is 0 Å². The van der Waals surface area contributed by atoms with Gasteiger partial charge in [0.15, 0.2) is 0 Å². The van der Waals surface area contributed by atoms with Crippen LogP contribution in [0, 0.1) is 0 Å². The second kappa shape index (κ2) is 6.17. The average molecular weight is 339 g/mol. The number of phenols is 1. The van der Waals surface area contributed by atoms with E-state index in [0.29, 0.717) is 23.1 Å². The predicted molar refractivity (Wildman–Crippen MR) is 96.9 cm³/mol. The molecule has 0 radical (unpaired) electrons. The number of rotatable bonds is 2. The molecule has 4 rings (SSSR count). The first-order valence-electron chi connectivity index (χ1n) is 8.57. The molecule has 25 heavy (non-hydrogen) atoms. The fourth-order valence-electron chi connectivity index (χ4n) is 3.78. The third kappa shape index (κ3) is 2.90. The molecule has 5 heteroatoms. The largest absolute Gasteiger partial charge is 0.507 e. The molecule has 5 nitrogen and oxygen atoms in total. The smallest absolute Gasteiger partial charge is 0.344 e. The molecule has 1 aliphatic rings. The lowest BCUT2D eigenvalue weighted by molar-refractivity contribution is -0.0705. The van der Waals surface area contributed by atoms with Gasteiger partial charge in [-0.3, -0.25) is 4.90 Å². The summed E-state index contributed by atoms with van der Waals surface area (Å²) in [5.74, 6) is 0.151. The quantitative estimate of drug-likeness (QED) is 0.573. The van der Waals surface area contributed by atoms with Crippen molar-refractivity contribution in [1.29, 1.82) is 0 Å². The number of aromatic hydroxyl groups is 1. The molecule has 1 aromatic heterocycles. The van der Waals surface area contributed by atoms with Crippen LogP contribution < -0.4 is 5.63 Å². The molecule has 0 spiro atoms. The summed E-state index contributed by atoms with van der Waals surface area (Å²) in [6, 6.07) is 10.9. The minimum Gasteiger partial charge on any atom is -0.507 e. The molecule has 0 aliphatic carbocycles. The summed E-state index contributed by atoms with van der Waals surface area (Å²) in [4.78, 5) is 14.6. The first kappa shape index (κ1) is 16.1. The van der Waals surface area contributed by atoms with Crippen LogP contribution in [0.5, 0.6) is 5.75 Å². The maximum Gasteiger partial charge on any atom is 0.344 e. The minimum absolute atomic E-state index is 0.133. The summed E-state index contributed by atoms with van der Waals surface area (Å²) in [6.45, 7) is 6.15. The molecule has 2 heterocycles. The molecule has 2 aromatic carbocycles. The van der Waals surface area contributed by atoms with Crippen molar-refractivity contribution in [2.45, 2.75) is 32.6 Å². The van der Waals surface area contributed by atoms with Crippen molar-refractivity contribution in [3.63, 3.8) is 0 Å². The Kier molecular flexibility index (Phi) is 3.98. The lowest BCUT2D eigenvalue weighted by Crippen LogP contribution is -2.44. The van der Waals surface area contributed by atoms with Gasteiger partial charge in [0.25, 0.3) is 0 Å². The molecule has 0 unspecified atom stereocenters.